The van der Waals surface area contributed by atoms with Crippen LogP contribution in [0.5, 0.6) is 0 Å². The molecule has 2 atom stereocenters. The number of amidine groups is 1. The van der Waals surface area contributed by atoms with Crippen molar-refractivity contribution in [1.29, 1.82) is 5.41 Å². The van der Waals surface area contributed by atoms with Gasteiger partial charge in [0.05, 0.1) is 24.6 Å². The van der Waals surface area contributed by atoms with Crippen molar-refractivity contribution in [2.24, 2.45) is 0 Å². The normalized spacial score (nSPS) is 34.8. The third kappa shape index (κ3) is 1.03. The average Bonchev–Trinajstić information content (AvgIpc) is 2.62. The standard InChI is InChI=1S/C8H14N2O/c1-2-8(9)10-4-7-3-6(10)5-11-7/h6-7,9H,2-5H2,1H3. The number of hydrogen-bond donors (Lipinski definition) is 1. The van der Waals surface area contributed by atoms with E-state index in [-0.39, 0.29) is 0 Å². The van der Waals surface area contributed by atoms with Gasteiger partial charge >= 0.3 is 0 Å². The number of fused-ring (bicyclic) bond motifs is 2. The first-order chi connectivity index (χ1) is 5.31. The summed E-state index contributed by atoms with van der Waals surface area (Å²) in [6.45, 7) is 3.83. The SMILES string of the molecule is CCC(=N)N1CC2CC1CO2. The number of nitrogens with one attached hydrogen (secondary N) is 1. The summed E-state index contributed by atoms with van der Waals surface area (Å²) in [5.41, 5.74) is 0. The van der Waals surface area contributed by atoms with E-state index in [9.17, 15) is 0 Å². The van der Waals surface area contributed by atoms with Gasteiger partial charge in [-0.2, -0.15) is 0 Å². The molecule has 0 saturated carbocycles. The van der Waals surface area contributed by atoms with Crippen LogP contribution in [0.3, 0.4) is 0 Å². The molecule has 2 unspecified atom stereocenters. The fraction of sp³-hybridized carbons (Fsp3) is 0.875. The molecule has 2 fully saturated rings. The lowest BCUT2D eigenvalue weighted by molar-refractivity contribution is 0.0558. The van der Waals surface area contributed by atoms with Gasteiger partial charge in [0.2, 0.25) is 0 Å². The van der Waals surface area contributed by atoms with Gasteiger partial charge in [-0.1, -0.05) is 6.92 Å². The van der Waals surface area contributed by atoms with Crippen molar-refractivity contribution in [3.05, 3.63) is 0 Å². The third-order valence-electron chi connectivity index (χ3n) is 2.58. The number of nitrogens with zero attached hydrogens (tertiary/aromatic N) is 1. The monoisotopic (exact) mass is 154 g/mol. The molecule has 2 rings (SSSR count). The topological polar surface area (TPSA) is 36.3 Å². The minimum Gasteiger partial charge on any atom is -0.374 e. The second kappa shape index (κ2) is 2.48. The van der Waals surface area contributed by atoms with Crippen LogP contribution in [-0.2, 0) is 4.74 Å². The Morgan fingerprint density at radius 3 is 3.00 bits per heavy atom. The fourth-order valence-electron chi connectivity index (χ4n) is 1.93. The Balaban J connectivity index is 2.02. The van der Waals surface area contributed by atoms with Gasteiger partial charge in [0.1, 0.15) is 0 Å². The van der Waals surface area contributed by atoms with E-state index in [2.05, 4.69) is 4.90 Å². The predicted molar refractivity (Wildman–Crippen MR) is 42.9 cm³/mol. The molecular formula is C8H14N2O. The van der Waals surface area contributed by atoms with Gasteiger partial charge in [0.15, 0.2) is 0 Å². The smallest absolute Gasteiger partial charge is 0.0959 e. The first kappa shape index (κ1) is 7.10. The van der Waals surface area contributed by atoms with E-state index >= 15 is 0 Å². The van der Waals surface area contributed by atoms with Crippen molar-refractivity contribution in [1.82, 2.24) is 4.90 Å². The van der Waals surface area contributed by atoms with Crippen molar-refractivity contribution >= 4 is 5.84 Å². The van der Waals surface area contributed by atoms with Gasteiger partial charge in [-0.3, -0.25) is 5.41 Å². The summed E-state index contributed by atoms with van der Waals surface area (Å²) in [4.78, 5) is 2.19. The highest BCUT2D eigenvalue weighted by Gasteiger charge is 2.39. The van der Waals surface area contributed by atoms with E-state index in [0.29, 0.717) is 12.1 Å². The Morgan fingerprint density at radius 2 is 2.55 bits per heavy atom. The molecule has 2 aliphatic rings. The second-order valence-corrected chi connectivity index (χ2v) is 3.30. The molecule has 0 spiro atoms. The van der Waals surface area contributed by atoms with Crippen LogP contribution in [0, 0.1) is 5.41 Å². The van der Waals surface area contributed by atoms with Gasteiger partial charge < -0.3 is 9.64 Å². The van der Waals surface area contributed by atoms with Gasteiger partial charge in [-0.05, 0) is 6.42 Å². The van der Waals surface area contributed by atoms with Crippen LogP contribution in [0.25, 0.3) is 0 Å². The molecule has 0 radical (unpaired) electrons. The lowest BCUT2D eigenvalue weighted by Gasteiger charge is -2.28. The highest BCUT2D eigenvalue weighted by molar-refractivity contribution is 5.79. The molecule has 0 aliphatic carbocycles. The van der Waals surface area contributed by atoms with Gasteiger partial charge in [0, 0.05) is 13.0 Å². The summed E-state index contributed by atoms with van der Waals surface area (Å²) in [5.74, 6) is 0.779. The average molecular weight is 154 g/mol. The summed E-state index contributed by atoms with van der Waals surface area (Å²) in [7, 11) is 0. The molecule has 62 valence electrons. The molecule has 0 aromatic rings. The number of ether oxygens (including phenoxy) is 1. The molecule has 1 N–H and O–H groups in total. The van der Waals surface area contributed by atoms with Crippen molar-refractivity contribution in [2.45, 2.75) is 31.9 Å². The first-order valence-corrected chi connectivity index (χ1v) is 4.27. The molecule has 2 aliphatic heterocycles. The largest absolute Gasteiger partial charge is 0.374 e. The van der Waals surface area contributed by atoms with E-state index in [0.717, 1.165) is 31.8 Å². The minimum absolute atomic E-state index is 0.423. The van der Waals surface area contributed by atoms with Crippen LogP contribution in [0.15, 0.2) is 0 Å². The molecule has 3 heteroatoms. The second-order valence-electron chi connectivity index (χ2n) is 3.30. The van der Waals surface area contributed by atoms with Crippen molar-refractivity contribution < 1.29 is 4.74 Å². The van der Waals surface area contributed by atoms with Crippen LogP contribution in [-0.4, -0.2) is 36.0 Å². The van der Waals surface area contributed by atoms with E-state index in [1.165, 1.54) is 0 Å². The molecule has 3 nitrogen and oxygen atoms in total. The number of rotatable bonds is 1. The van der Waals surface area contributed by atoms with Crippen LogP contribution in [0.1, 0.15) is 19.8 Å². The Hall–Kier alpha value is -0.570. The van der Waals surface area contributed by atoms with Crippen molar-refractivity contribution in [3.8, 4) is 0 Å². The summed E-state index contributed by atoms with van der Waals surface area (Å²) in [6.07, 6.45) is 2.41. The van der Waals surface area contributed by atoms with E-state index in [1.54, 1.807) is 0 Å². The summed E-state index contributed by atoms with van der Waals surface area (Å²) in [5, 5.41) is 7.66. The highest BCUT2D eigenvalue weighted by atomic mass is 16.5. The molecule has 0 aromatic heterocycles. The maximum Gasteiger partial charge on any atom is 0.0959 e. The highest BCUT2D eigenvalue weighted by Crippen LogP contribution is 2.27. The quantitative estimate of drug-likeness (QED) is 0.449. The molecule has 2 bridgehead atoms. The molecular weight excluding hydrogens is 140 g/mol. The van der Waals surface area contributed by atoms with Gasteiger partial charge in [-0.15, -0.1) is 0 Å². The van der Waals surface area contributed by atoms with E-state index < -0.39 is 0 Å². The van der Waals surface area contributed by atoms with Crippen LogP contribution >= 0.6 is 0 Å². The zero-order chi connectivity index (χ0) is 7.84. The molecule has 0 amide bonds. The lowest BCUT2D eigenvalue weighted by Crippen LogP contribution is -2.40. The van der Waals surface area contributed by atoms with E-state index in [1.807, 2.05) is 6.92 Å². The van der Waals surface area contributed by atoms with Gasteiger partial charge in [-0.25, -0.2) is 0 Å². The van der Waals surface area contributed by atoms with Gasteiger partial charge in [0.25, 0.3) is 0 Å². The number of likely N-dealkylation sites (tertiary alicyclic amines) is 1. The Morgan fingerprint density at radius 1 is 1.73 bits per heavy atom. The first-order valence-electron chi connectivity index (χ1n) is 4.27. The molecule has 11 heavy (non-hydrogen) atoms. The summed E-state index contributed by atoms with van der Waals surface area (Å²) >= 11 is 0. The minimum atomic E-state index is 0.423. The summed E-state index contributed by atoms with van der Waals surface area (Å²) in [6, 6.07) is 0.521. The Bertz CT molecular complexity index is 181. The predicted octanol–water partition coefficient (Wildman–Crippen LogP) is 0.847. The Kier molecular flexibility index (Phi) is 1.60. The molecule has 0 aromatic carbocycles. The van der Waals surface area contributed by atoms with E-state index in [4.69, 9.17) is 10.1 Å². The van der Waals surface area contributed by atoms with Crippen molar-refractivity contribution in [3.63, 3.8) is 0 Å². The third-order valence-corrected chi connectivity index (χ3v) is 2.58. The maximum absolute atomic E-state index is 7.66. The number of morpholine rings is 1. The lowest BCUT2D eigenvalue weighted by atomic mass is 10.2. The van der Waals surface area contributed by atoms with Crippen LogP contribution in [0.2, 0.25) is 0 Å². The Labute approximate surface area is 66.8 Å². The van der Waals surface area contributed by atoms with Crippen LogP contribution in [0.4, 0.5) is 0 Å². The zero-order valence-electron chi connectivity index (χ0n) is 6.84. The zero-order valence-corrected chi connectivity index (χ0v) is 6.84. The summed E-state index contributed by atoms with van der Waals surface area (Å²) < 4.78 is 5.44. The maximum atomic E-state index is 7.66. The molecule has 2 heterocycles. The fourth-order valence-corrected chi connectivity index (χ4v) is 1.93. The number of hydrogen-bond acceptors (Lipinski definition) is 2. The van der Waals surface area contributed by atoms with Crippen LogP contribution < -0.4 is 0 Å². The molecule has 2 saturated heterocycles. The van der Waals surface area contributed by atoms with Crippen molar-refractivity contribution in [2.75, 3.05) is 13.2 Å².